The van der Waals surface area contributed by atoms with Crippen LogP contribution in [0.1, 0.15) is 50.8 Å². The molecular formula is C17H29FN2. The molecule has 2 unspecified atom stereocenters. The van der Waals surface area contributed by atoms with Crippen LogP contribution in [0.2, 0.25) is 0 Å². The molecule has 20 heavy (non-hydrogen) atoms. The Labute approximate surface area is 123 Å². The fourth-order valence-electron chi connectivity index (χ4n) is 2.61. The molecule has 0 bridgehead atoms. The molecular weight excluding hydrogens is 251 g/mol. The third-order valence-electron chi connectivity index (χ3n) is 4.47. The number of hydrogen-bond donors (Lipinski definition) is 1. The van der Waals surface area contributed by atoms with Crippen LogP contribution in [0.25, 0.3) is 0 Å². The molecule has 3 heteroatoms. The van der Waals surface area contributed by atoms with Gasteiger partial charge in [0.05, 0.1) is 6.04 Å². The summed E-state index contributed by atoms with van der Waals surface area (Å²) in [6.07, 6.45) is 2.11. The molecule has 2 nitrogen and oxygen atoms in total. The largest absolute Gasteiger partial charge is 0.308 e. The number of nitrogens with zero attached hydrogens (tertiary/aromatic N) is 1. The van der Waals surface area contributed by atoms with Crippen molar-refractivity contribution in [2.24, 2.45) is 0 Å². The van der Waals surface area contributed by atoms with Crippen LogP contribution >= 0.6 is 0 Å². The third kappa shape index (κ3) is 3.58. The summed E-state index contributed by atoms with van der Waals surface area (Å²) < 4.78 is 13.5. The van der Waals surface area contributed by atoms with E-state index in [0.717, 1.165) is 24.9 Å². The van der Waals surface area contributed by atoms with Crippen LogP contribution in [0, 0.1) is 12.7 Å². The molecule has 0 saturated heterocycles. The zero-order valence-corrected chi connectivity index (χ0v) is 13.8. The topological polar surface area (TPSA) is 15.3 Å². The normalized spacial score (nSPS) is 16.2. The quantitative estimate of drug-likeness (QED) is 0.815. The molecule has 0 radical (unpaired) electrons. The minimum Gasteiger partial charge on any atom is -0.308 e. The van der Waals surface area contributed by atoms with Crippen molar-refractivity contribution < 1.29 is 4.39 Å². The molecule has 0 aliphatic rings. The number of aryl methyl sites for hydroxylation is 1. The van der Waals surface area contributed by atoms with Gasteiger partial charge in [-0.05, 0) is 64.5 Å². The molecule has 0 heterocycles. The second-order valence-electron chi connectivity index (χ2n) is 6.00. The van der Waals surface area contributed by atoms with Gasteiger partial charge in [0.25, 0.3) is 0 Å². The zero-order chi connectivity index (χ0) is 15.3. The van der Waals surface area contributed by atoms with Gasteiger partial charge >= 0.3 is 0 Å². The van der Waals surface area contributed by atoms with Crippen LogP contribution < -0.4 is 5.32 Å². The SMILES string of the molecule is CCCNC(c1ccc(F)c(C)c1)C(C)(CC)N(C)C. The summed E-state index contributed by atoms with van der Waals surface area (Å²) in [5, 5.41) is 3.64. The predicted octanol–water partition coefficient (Wildman–Crippen LogP) is 3.91. The third-order valence-corrected chi connectivity index (χ3v) is 4.47. The standard InChI is InChI=1S/C17H29FN2/c1-7-11-19-16(17(4,8-2)20(5)6)14-9-10-15(18)13(3)12-14/h9-10,12,16,19H,7-8,11H2,1-6H3. The second-order valence-corrected chi connectivity index (χ2v) is 6.00. The van der Waals surface area contributed by atoms with Gasteiger partial charge in [-0.25, -0.2) is 4.39 Å². The lowest BCUT2D eigenvalue weighted by Gasteiger charge is -2.43. The minimum atomic E-state index is -0.133. The monoisotopic (exact) mass is 280 g/mol. The molecule has 0 amide bonds. The maximum atomic E-state index is 13.5. The number of hydrogen-bond acceptors (Lipinski definition) is 2. The molecule has 0 saturated carbocycles. The van der Waals surface area contributed by atoms with E-state index >= 15 is 0 Å². The maximum Gasteiger partial charge on any atom is 0.126 e. The van der Waals surface area contributed by atoms with Gasteiger partial charge in [0.2, 0.25) is 0 Å². The molecule has 1 N–H and O–H groups in total. The molecule has 0 fully saturated rings. The van der Waals surface area contributed by atoms with E-state index in [2.05, 4.69) is 45.1 Å². The molecule has 1 aromatic rings. The van der Waals surface area contributed by atoms with Crippen LogP contribution in [0.5, 0.6) is 0 Å². The van der Waals surface area contributed by atoms with E-state index in [9.17, 15) is 4.39 Å². The van der Waals surface area contributed by atoms with Gasteiger partial charge < -0.3 is 10.2 Å². The van der Waals surface area contributed by atoms with Gasteiger partial charge in [0.1, 0.15) is 5.82 Å². The summed E-state index contributed by atoms with van der Waals surface area (Å²) in [4.78, 5) is 2.26. The zero-order valence-electron chi connectivity index (χ0n) is 13.8. The first-order valence-electron chi connectivity index (χ1n) is 7.53. The van der Waals surface area contributed by atoms with Crippen LogP contribution in [0.3, 0.4) is 0 Å². The van der Waals surface area contributed by atoms with Gasteiger partial charge in [-0.15, -0.1) is 0 Å². The average molecular weight is 280 g/mol. The van der Waals surface area contributed by atoms with Crippen molar-refractivity contribution in [2.75, 3.05) is 20.6 Å². The lowest BCUT2D eigenvalue weighted by atomic mass is 9.83. The molecule has 1 aromatic carbocycles. The van der Waals surface area contributed by atoms with Crippen molar-refractivity contribution >= 4 is 0 Å². The summed E-state index contributed by atoms with van der Waals surface area (Å²) in [7, 11) is 4.22. The van der Waals surface area contributed by atoms with Crippen LogP contribution in [-0.4, -0.2) is 31.1 Å². The van der Waals surface area contributed by atoms with Crippen molar-refractivity contribution in [2.45, 2.75) is 52.1 Å². The summed E-state index contributed by atoms with van der Waals surface area (Å²) in [5.41, 5.74) is 1.87. The maximum absolute atomic E-state index is 13.5. The summed E-state index contributed by atoms with van der Waals surface area (Å²) >= 11 is 0. The van der Waals surface area contributed by atoms with E-state index in [-0.39, 0.29) is 17.4 Å². The highest BCUT2D eigenvalue weighted by Crippen LogP contribution is 2.33. The molecule has 0 aliphatic carbocycles. The molecule has 0 aromatic heterocycles. The van der Waals surface area contributed by atoms with Crippen LogP contribution in [0.4, 0.5) is 4.39 Å². The highest BCUT2D eigenvalue weighted by atomic mass is 19.1. The fraction of sp³-hybridized carbons (Fsp3) is 0.647. The Morgan fingerprint density at radius 3 is 2.40 bits per heavy atom. The van der Waals surface area contributed by atoms with Gasteiger partial charge in [0, 0.05) is 5.54 Å². The van der Waals surface area contributed by atoms with E-state index in [1.807, 2.05) is 19.1 Å². The van der Waals surface area contributed by atoms with Gasteiger partial charge in [-0.1, -0.05) is 26.0 Å². The Morgan fingerprint density at radius 1 is 1.30 bits per heavy atom. The van der Waals surface area contributed by atoms with Crippen molar-refractivity contribution in [3.8, 4) is 0 Å². The summed E-state index contributed by atoms with van der Waals surface area (Å²) in [6, 6.07) is 5.66. The Bertz CT molecular complexity index is 431. The average Bonchev–Trinajstić information content (AvgIpc) is 2.42. The second kappa shape index (κ2) is 7.19. The van der Waals surface area contributed by atoms with Crippen LogP contribution in [-0.2, 0) is 0 Å². The van der Waals surface area contributed by atoms with Crippen molar-refractivity contribution in [1.29, 1.82) is 0 Å². The van der Waals surface area contributed by atoms with Crippen molar-refractivity contribution in [3.05, 3.63) is 35.1 Å². The Balaban J connectivity index is 3.19. The minimum absolute atomic E-state index is 0.000556. The van der Waals surface area contributed by atoms with Crippen LogP contribution in [0.15, 0.2) is 18.2 Å². The lowest BCUT2D eigenvalue weighted by molar-refractivity contribution is 0.113. The number of nitrogens with one attached hydrogen (secondary N) is 1. The fourth-order valence-corrected chi connectivity index (χ4v) is 2.61. The Kier molecular flexibility index (Phi) is 6.15. The highest BCUT2D eigenvalue weighted by Gasteiger charge is 2.35. The smallest absolute Gasteiger partial charge is 0.126 e. The predicted molar refractivity (Wildman–Crippen MR) is 84.6 cm³/mol. The number of rotatable bonds is 7. The first-order chi connectivity index (χ1) is 9.36. The van der Waals surface area contributed by atoms with Gasteiger partial charge in [-0.2, -0.15) is 0 Å². The first-order valence-corrected chi connectivity index (χ1v) is 7.53. The number of halogens is 1. The first kappa shape index (κ1) is 17.1. The molecule has 2 atom stereocenters. The van der Waals surface area contributed by atoms with E-state index in [1.54, 1.807) is 6.07 Å². The summed E-state index contributed by atoms with van der Waals surface area (Å²) in [6.45, 7) is 9.42. The lowest BCUT2D eigenvalue weighted by Crippen LogP contribution is -2.51. The molecule has 0 aliphatic heterocycles. The van der Waals surface area contributed by atoms with Gasteiger partial charge in [-0.3, -0.25) is 0 Å². The Morgan fingerprint density at radius 2 is 1.95 bits per heavy atom. The van der Waals surface area contributed by atoms with E-state index in [1.165, 1.54) is 0 Å². The highest BCUT2D eigenvalue weighted by molar-refractivity contribution is 5.29. The van der Waals surface area contributed by atoms with Crippen molar-refractivity contribution in [3.63, 3.8) is 0 Å². The molecule has 114 valence electrons. The molecule has 0 spiro atoms. The van der Waals surface area contributed by atoms with E-state index < -0.39 is 0 Å². The number of benzene rings is 1. The van der Waals surface area contributed by atoms with Crippen molar-refractivity contribution in [1.82, 2.24) is 10.2 Å². The summed E-state index contributed by atoms with van der Waals surface area (Å²) in [5.74, 6) is -0.133. The van der Waals surface area contributed by atoms with E-state index in [4.69, 9.17) is 0 Å². The number of likely N-dealkylation sites (N-methyl/N-ethyl adjacent to an activating group) is 1. The van der Waals surface area contributed by atoms with E-state index in [0.29, 0.717) is 5.56 Å². The van der Waals surface area contributed by atoms with Gasteiger partial charge in [0.15, 0.2) is 0 Å². The Hall–Kier alpha value is -0.930. The molecule has 1 rings (SSSR count).